The fourth-order valence-corrected chi connectivity index (χ4v) is 2.91. The summed E-state index contributed by atoms with van der Waals surface area (Å²) in [6, 6.07) is 0.117. The molecule has 1 atom stereocenters. The topological polar surface area (TPSA) is 43.8 Å². The first kappa shape index (κ1) is 15.9. The van der Waals surface area contributed by atoms with E-state index < -0.39 is 0 Å². The van der Waals surface area contributed by atoms with Gasteiger partial charge in [-0.05, 0) is 6.42 Å². The Morgan fingerprint density at radius 1 is 1.44 bits per heavy atom. The Labute approximate surface area is 119 Å². The van der Waals surface area contributed by atoms with Gasteiger partial charge >= 0.3 is 0 Å². The predicted octanol–water partition coefficient (Wildman–Crippen LogP) is 3.04. The summed E-state index contributed by atoms with van der Waals surface area (Å²) in [6.07, 6.45) is 1.64. The van der Waals surface area contributed by atoms with Crippen molar-refractivity contribution < 1.29 is 0 Å². The summed E-state index contributed by atoms with van der Waals surface area (Å²) in [5, 5.41) is 5.20. The number of halogens is 1. The first-order valence-corrected chi connectivity index (χ1v) is 7.70. The molecule has 18 heavy (non-hydrogen) atoms. The van der Waals surface area contributed by atoms with E-state index >= 15 is 0 Å². The Bertz CT molecular complexity index is 396. The average molecular weight is 290 g/mol. The molecule has 5 heteroatoms. The summed E-state index contributed by atoms with van der Waals surface area (Å²) in [5.74, 6) is 0.937. The van der Waals surface area contributed by atoms with E-state index in [9.17, 15) is 0 Å². The molecule has 0 saturated carbocycles. The Balaban J connectivity index is 2.64. The second-order valence-corrected chi connectivity index (χ2v) is 7.80. The average Bonchev–Trinajstić information content (AvgIpc) is 2.53. The fourth-order valence-electron chi connectivity index (χ4n) is 1.71. The lowest BCUT2D eigenvalue weighted by molar-refractivity contribution is 0.648. The van der Waals surface area contributed by atoms with Gasteiger partial charge in [-0.2, -0.15) is 16.9 Å². The normalized spacial score (nSPS) is 13.9. The molecule has 2 N–H and O–H groups in total. The summed E-state index contributed by atoms with van der Waals surface area (Å²) < 4.78 is 2.12. The molecule has 0 aliphatic rings. The minimum atomic E-state index is 0.117. The second kappa shape index (κ2) is 6.31. The van der Waals surface area contributed by atoms with E-state index in [1.807, 2.05) is 23.5 Å². The highest BCUT2D eigenvalue weighted by Gasteiger charge is 2.18. The van der Waals surface area contributed by atoms with Crippen LogP contribution in [0.4, 0.5) is 0 Å². The van der Waals surface area contributed by atoms with E-state index in [4.69, 9.17) is 17.3 Å². The van der Waals surface area contributed by atoms with Crippen LogP contribution >= 0.6 is 23.4 Å². The molecule has 1 rings (SSSR count). The molecule has 1 aromatic rings. The van der Waals surface area contributed by atoms with Gasteiger partial charge in [0.2, 0.25) is 0 Å². The molecular formula is C13H24ClN3S. The number of aromatic nitrogens is 2. The molecule has 0 amide bonds. The van der Waals surface area contributed by atoms with Crippen molar-refractivity contribution in [3.05, 3.63) is 16.4 Å². The van der Waals surface area contributed by atoms with Crippen molar-refractivity contribution in [2.24, 2.45) is 12.8 Å². The third kappa shape index (κ3) is 4.48. The van der Waals surface area contributed by atoms with Gasteiger partial charge in [-0.15, -0.1) is 0 Å². The van der Waals surface area contributed by atoms with Crippen LogP contribution in [0.25, 0.3) is 0 Å². The summed E-state index contributed by atoms with van der Waals surface area (Å²) in [4.78, 5) is 0. The van der Waals surface area contributed by atoms with Crippen LogP contribution in [0, 0.1) is 0 Å². The highest BCUT2D eigenvalue weighted by atomic mass is 35.5. The van der Waals surface area contributed by atoms with E-state index in [0.29, 0.717) is 0 Å². The molecule has 1 aromatic heterocycles. The van der Waals surface area contributed by atoms with Crippen LogP contribution in [0.15, 0.2) is 0 Å². The van der Waals surface area contributed by atoms with Gasteiger partial charge in [0.05, 0.1) is 16.4 Å². The lowest BCUT2D eigenvalue weighted by Gasteiger charge is -2.20. The number of rotatable bonds is 5. The zero-order valence-electron chi connectivity index (χ0n) is 12.0. The lowest BCUT2D eigenvalue weighted by Crippen LogP contribution is -2.29. The standard InChI is InChI=1S/C13H24ClN3S/c1-6-10-12(14)11(17(5)16-10)7-9(15)8-18-13(2,3)4/h9H,6-8,15H2,1-5H3. The molecule has 1 heterocycles. The quantitative estimate of drug-likeness (QED) is 0.906. The van der Waals surface area contributed by atoms with Gasteiger partial charge in [-0.1, -0.05) is 39.3 Å². The molecular weight excluding hydrogens is 266 g/mol. The van der Waals surface area contributed by atoms with Gasteiger partial charge in [0.15, 0.2) is 0 Å². The number of nitrogens with zero attached hydrogens (tertiary/aromatic N) is 2. The molecule has 0 fully saturated rings. The number of hydrogen-bond acceptors (Lipinski definition) is 3. The predicted molar refractivity (Wildman–Crippen MR) is 81.5 cm³/mol. The Kier molecular flexibility index (Phi) is 5.56. The summed E-state index contributed by atoms with van der Waals surface area (Å²) >= 11 is 8.21. The maximum Gasteiger partial charge on any atom is 0.0850 e. The summed E-state index contributed by atoms with van der Waals surface area (Å²) in [5.41, 5.74) is 8.20. The van der Waals surface area contributed by atoms with Gasteiger partial charge < -0.3 is 5.73 Å². The van der Waals surface area contributed by atoms with Crippen molar-refractivity contribution in [2.45, 2.75) is 51.3 Å². The van der Waals surface area contributed by atoms with Crippen LogP contribution in [-0.4, -0.2) is 26.3 Å². The van der Waals surface area contributed by atoms with E-state index in [-0.39, 0.29) is 10.8 Å². The van der Waals surface area contributed by atoms with Crippen molar-refractivity contribution in [1.29, 1.82) is 0 Å². The number of nitrogens with two attached hydrogens (primary N) is 1. The third-order valence-corrected chi connectivity index (χ3v) is 4.59. The fraction of sp³-hybridized carbons (Fsp3) is 0.769. The zero-order chi connectivity index (χ0) is 13.9. The molecule has 0 aliphatic carbocycles. The van der Waals surface area contributed by atoms with Crippen molar-refractivity contribution >= 4 is 23.4 Å². The van der Waals surface area contributed by atoms with Gasteiger partial charge in [-0.3, -0.25) is 4.68 Å². The SMILES string of the molecule is CCc1nn(C)c(CC(N)CSC(C)(C)C)c1Cl. The van der Waals surface area contributed by atoms with E-state index in [2.05, 4.69) is 32.8 Å². The Hall–Kier alpha value is -0.190. The molecule has 104 valence electrons. The number of aryl methyl sites for hydroxylation is 2. The van der Waals surface area contributed by atoms with Crippen LogP contribution in [0.2, 0.25) is 5.02 Å². The third-order valence-electron chi connectivity index (χ3n) is 2.69. The van der Waals surface area contributed by atoms with Gasteiger partial charge in [0.1, 0.15) is 0 Å². The number of thioether (sulfide) groups is 1. The molecule has 3 nitrogen and oxygen atoms in total. The molecule has 0 spiro atoms. The molecule has 0 aromatic carbocycles. The first-order valence-electron chi connectivity index (χ1n) is 6.34. The highest BCUT2D eigenvalue weighted by Crippen LogP contribution is 2.26. The summed E-state index contributed by atoms with van der Waals surface area (Å²) in [7, 11) is 1.93. The van der Waals surface area contributed by atoms with Gasteiger partial charge in [0, 0.05) is 30.0 Å². The van der Waals surface area contributed by atoms with Crippen LogP contribution in [-0.2, 0) is 19.9 Å². The molecule has 1 unspecified atom stereocenters. The molecule has 0 saturated heterocycles. The van der Waals surface area contributed by atoms with E-state index in [1.165, 1.54) is 0 Å². The van der Waals surface area contributed by atoms with Crippen LogP contribution in [0.1, 0.15) is 39.1 Å². The Morgan fingerprint density at radius 3 is 2.50 bits per heavy atom. The maximum atomic E-state index is 6.32. The van der Waals surface area contributed by atoms with E-state index in [1.54, 1.807) is 0 Å². The monoisotopic (exact) mass is 289 g/mol. The van der Waals surface area contributed by atoms with Crippen LogP contribution < -0.4 is 5.73 Å². The molecule has 0 aliphatic heterocycles. The minimum absolute atomic E-state index is 0.117. The largest absolute Gasteiger partial charge is 0.327 e. The lowest BCUT2D eigenvalue weighted by atomic mass is 10.2. The zero-order valence-corrected chi connectivity index (χ0v) is 13.5. The smallest absolute Gasteiger partial charge is 0.0850 e. The number of hydrogen-bond donors (Lipinski definition) is 1. The minimum Gasteiger partial charge on any atom is -0.327 e. The van der Waals surface area contributed by atoms with Crippen LogP contribution in [0.3, 0.4) is 0 Å². The van der Waals surface area contributed by atoms with Gasteiger partial charge in [-0.25, -0.2) is 0 Å². The van der Waals surface area contributed by atoms with Crippen molar-refractivity contribution in [1.82, 2.24) is 9.78 Å². The van der Waals surface area contributed by atoms with E-state index in [0.717, 1.165) is 35.0 Å². The highest BCUT2D eigenvalue weighted by molar-refractivity contribution is 8.00. The maximum absolute atomic E-state index is 6.32. The van der Waals surface area contributed by atoms with Crippen molar-refractivity contribution in [3.8, 4) is 0 Å². The van der Waals surface area contributed by atoms with Crippen LogP contribution in [0.5, 0.6) is 0 Å². The molecule has 0 bridgehead atoms. The van der Waals surface area contributed by atoms with Gasteiger partial charge in [0.25, 0.3) is 0 Å². The first-order chi connectivity index (χ1) is 8.24. The van der Waals surface area contributed by atoms with Crippen molar-refractivity contribution in [3.63, 3.8) is 0 Å². The molecule has 0 radical (unpaired) electrons. The second-order valence-electron chi connectivity index (χ2n) is 5.57. The summed E-state index contributed by atoms with van der Waals surface area (Å²) in [6.45, 7) is 8.68. The van der Waals surface area contributed by atoms with Crippen molar-refractivity contribution in [2.75, 3.05) is 5.75 Å². The Morgan fingerprint density at radius 2 is 2.06 bits per heavy atom.